The predicted octanol–water partition coefficient (Wildman–Crippen LogP) is 0.273. The zero-order valence-electron chi connectivity index (χ0n) is 17.3. The minimum absolute atomic E-state index is 0.534. The largest absolute Gasteiger partial charge is 0.378 e. The molecule has 3 fully saturated rings. The monoisotopic (exact) mass is 402 g/mol. The zero-order valence-corrected chi connectivity index (χ0v) is 17.3. The van der Waals surface area contributed by atoms with Gasteiger partial charge >= 0.3 is 0 Å². The van der Waals surface area contributed by atoms with Gasteiger partial charge in [0.25, 0.3) is 0 Å². The SMILES string of the molecule is C=C1COCCN2CCOCCOCCN(CCOCCOCC2)CCOC1. The molecule has 164 valence electrons. The van der Waals surface area contributed by atoms with Crippen molar-refractivity contribution in [3.05, 3.63) is 12.2 Å². The van der Waals surface area contributed by atoms with Crippen molar-refractivity contribution in [3.63, 3.8) is 0 Å². The van der Waals surface area contributed by atoms with Crippen molar-refractivity contribution >= 4 is 0 Å². The molecule has 0 aromatic carbocycles. The van der Waals surface area contributed by atoms with Crippen LogP contribution in [0.3, 0.4) is 0 Å². The summed E-state index contributed by atoms with van der Waals surface area (Å²) in [6.45, 7) is 16.7. The molecule has 3 aliphatic rings. The van der Waals surface area contributed by atoms with Crippen molar-refractivity contribution < 1.29 is 28.4 Å². The van der Waals surface area contributed by atoms with E-state index in [9.17, 15) is 0 Å². The standard InChI is InChI=1S/C20H38N2O6/c1-20-18-27-12-6-21-2-8-23-14-15-25-10-4-22(7-13-28-19-20)5-11-26-17-16-24-9-3-21/h1-19H2. The van der Waals surface area contributed by atoms with Gasteiger partial charge in [-0.25, -0.2) is 0 Å². The number of fused-ring (bicyclic) bond motifs is 22. The number of ether oxygens (including phenoxy) is 6. The highest BCUT2D eigenvalue weighted by Gasteiger charge is 2.09. The highest BCUT2D eigenvalue weighted by Crippen LogP contribution is 1.98. The van der Waals surface area contributed by atoms with Gasteiger partial charge in [-0.2, -0.15) is 0 Å². The number of hydrogen-bond donors (Lipinski definition) is 0. The Kier molecular flexibility index (Phi) is 13.7. The summed E-state index contributed by atoms with van der Waals surface area (Å²) in [5.41, 5.74) is 0.965. The maximum absolute atomic E-state index is 5.77. The lowest BCUT2D eigenvalue weighted by atomic mass is 10.3. The Balaban J connectivity index is 1.92. The van der Waals surface area contributed by atoms with Gasteiger partial charge in [-0.05, 0) is 5.57 Å². The van der Waals surface area contributed by atoms with Gasteiger partial charge in [0.05, 0.1) is 79.3 Å². The molecule has 0 amide bonds. The van der Waals surface area contributed by atoms with Crippen molar-refractivity contribution in [2.24, 2.45) is 0 Å². The van der Waals surface area contributed by atoms with Crippen LogP contribution in [0.5, 0.6) is 0 Å². The van der Waals surface area contributed by atoms with Crippen LogP contribution in [-0.4, -0.2) is 128 Å². The molecule has 3 aliphatic heterocycles. The average molecular weight is 403 g/mol. The van der Waals surface area contributed by atoms with Crippen molar-refractivity contribution in [2.75, 3.05) is 119 Å². The number of rotatable bonds is 0. The van der Waals surface area contributed by atoms with Crippen LogP contribution >= 0.6 is 0 Å². The van der Waals surface area contributed by atoms with Crippen LogP contribution in [0.2, 0.25) is 0 Å². The van der Waals surface area contributed by atoms with E-state index in [1.54, 1.807) is 0 Å². The lowest BCUT2D eigenvalue weighted by Gasteiger charge is -2.23. The van der Waals surface area contributed by atoms with Gasteiger partial charge in [-0.3, -0.25) is 9.80 Å². The quantitative estimate of drug-likeness (QED) is 0.536. The van der Waals surface area contributed by atoms with Crippen molar-refractivity contribution in [3.8, 4) is 0 Å². The van der Waals surface area contributed by atoms with Gasteiger partial charge in [0.2, 0.25) is 0 Å². The second-order valence-electron chi connectivity index (χ2n) is 6.99. The summed E-state index contributed by atoms with van der Waals surface area (Å²) in [7, 11) is 0. The molecule has 0 atom stereocenters. The van der Waals surface area contributed by atoms with Gasteiger partial charge in [0, 0.05) is 39.3 Å². The Morgan fingerprint density at radius 3 is 1.04 bits per heavy atom. The number of nitrogens with zero attached hydrogens (tertiary/aromatic N) is 2. The first kappa shape index (κ1) is 23.7. The molecule has 0 saturated carbocycles. The Bertz CT molecular complexity index is 345. The molecule has 3 rings (SSSR count). The molecule has 0 unspecified atom stereocenters. The van der Waals surface area contributed by atoms with Gasteiger partial charge < -0.3 is 28.4 Å². The third-order valence-corrected chi connectivity index (χ3v) is 4.67. The molecule has 8 nitrogen and oxygen atoms in total. The van der Waals surface area contributed by atoms with Crippen LogP contribution in [0.25, 0.3) is 0 Å². The van der Waals surface area contributed by atoms with Crippen LogP contribution in [0.15, 0.2) is 12.2 Å². The fourth-order valence-electron chi connectivity index (χ4n) is 2.95. The predicted molar refractivity (Wildman–Crippen MR) is 107 cm³/mol. The Labute approximate surface area is 169 Å². The van der Waals surface area contributed by atoms with E-state index in [0.29, 0.717) is 79.3 Å². The Hall–Kier alpha value is -0.580. The number of hydrogen-bond acceptors (Lipinski definition) is 8. The van der Waals surface area contributed by atoms with Crippen LogP contribution < -0.4 is 0 Å². The zero-order chi connectivity index (χ0) is 19.7. The second-order valence-corrected chi connectivity index (χ2v) is 6.99. The molecule has 0 N–H and O–H groups in total. The molecular formula is C20H38N2O6. The molecule has 28 heavy (non-hydrogen) atoms. The highest BCUT2D eigenvalue weighted by atomic mass is 16.5. The van der Waals surface area contributed by atoms with Gasteiger partial charge in [0.1, 0.15) is 0 Å². The molecule has 3 saturated heterocycles. The van der Waals surface area contributed by atoms with E-state index in [4.69, 9.17) is 28.4 Å². The third kappa shape index (κ3) is 12.1. The van der Waals surface area contributed by atoms with Crippen LogP contribution in [0.1, 0.15) is 0 Å². The van der Waals surface area contributed by atoms with Crippen molar-refractivity contribution in [1.82, 2.24) is 9.80 Å². The molecule has 0 spiro atoms. The molecule has 8 heteroatoms. The molecular weight excluding hydrogens is 364 g/mol. The second kappa shape index (κ2) is 16.2. The summed E-state index contributed by atoms with van der Waals surface area (Å²) in [5.74, 6) is 0. The summed E-state index contributed by atoms with van der Waals surface area (Å²) >= 11 is 0. The maximum atomic E-state index is 5.77. The fraction of sp³-hybridized carbons (Fsp3) is 0.900. The molecule has 0 radical (unpaired) electrons. The van der Waals surface area contributed by atoms with Crippen molar-refractivity contribution in [1.29, 1.82) is 0 Å². The summed E-state index contributed by atoms with van der Waals surface area (Å²) < 4.78 is 34.4. The van der Waals surface area contributed by atoms with E-state index in [-0.39, 0.29) is 0 Å². The highest BCUT2D eigenvalue weighted by molar-refractivity contribution is 4.94. The Morgan fingerprint density at radius 1 is 0.429 bits per heavy atom. The summed E-state index contributed by atoms with van der Waals surface area (Å²) in [6, 6.07) is 0. The molecule has 3 heterocycles. The van der Waals surface area contributed by atoms with E-state index in [2.05, 4.69) is 16.4 Å². The van der Waals surface area contributed by atoms with E-state index in [1.165, 1.54) is 0 Å². The minimum atomic E-state index is 0.534. The smallest absolute Gasteiger partial charge is 0.0701 e. The van der Waals surface area contributed by atoms with Crippen molar-refractivity contribution in [2.45, 2.75) is 0 Å². The normalized spacial score (nSPS) is 29.6. The summed E-state index contributed by atoms with van der Waals surface area (Å²) in [5, 5.41) is 0. The first-order valence-electron chi connectivity index (χ1n) is 10.4. The molecule has 0 aromatic rings. The van der Waals surface area contributed by atoms with Crippen LogP contribution in [0, 0.1) is 0 Å². The van der Waals surface area contributed by atoms with E-state index in [1.807, 2.05) is 0 Å². The van der Waals surface area contributed by atoms with Gasteiger partial charge in [0.15, 0.2) is 0 Å². The molecule has 0 aliphatic carbocycles. The van der Waals surface area contributed by atoms with Gasteiger partial charge in [-0.15, -0.1) is 0 Å². The third-order valence-electron chi connectivity index (χ3n) is 4.67. The van der Waals surface area contributed by atoms with E-state index in [0.717, 1.165) is 44.8 Å². The van der Waals surface area contributed by atoms with Gasteiger partial charge in [-0.1, -0.05) is 6.58 Å². The Morgan fingerprint density at radius 2 is 0.714 bits per heavy atom. The summed E-state index contributed by atoms with van der Waals surface area (Å²) in [4.78, 5) is 4.60. The minimum Gasteiger partial charge on any atom is -0.378 e. The lowest BCUT2D eigenvalue weighted by molar-refractivity contribution is 0.00328. The maximum Gasteiger partial charge on any atom is 0.0701 e. The average Bonchev–Trinajstić information content (AvgIpc) is 2.69. The first-order chi connectivity index (χ1) is 13.8. The first-order valence-corrected chi connectivity index (χ1v) is 10.4. The van der Waals surface area contributed by atoms with E-state index < -0.39 is 0 Å². The molecule has 2 bridgehead atoms. The molecule has 0 aromatic heterocycles. The fourth-order valence-corrected chi connectivity index (χ4v) is 2.95. The van der Waals surface area contributed by atoms with Crippen LogP contribution in [-0.2, 0) is 28.4 Å². The van der Waals surface area contributed by atoms with Crippen LogP contribution in [0.4, 0.5) is 0 Å². The topological polar surface area (TPSA) is 61.9 Å². The lowest BCUT2D eigenvalue weighted by Crippen LogP contribution is -2.35. The van der Waals surface area contributed by atoms with E-state index >= 15 is 0 Å². The summed E-state index contributed by atoms with van der Waals surface area (Å²) in [6.07, 6.45) is 0.